The van der Waals surface area contributed by atoms with E-state index in [9.17, 15) is 9.59 Å². The van der Waals surface area contributed by atoms with Gasteiger partial charge in [0, 0.05) is 14.5 Å². The molecule has 132 valence electrons. The number of hydrogen-bond donors (Lipinski definition) is 1. The van der Waals surface area contributed by atoms with Crippen molar-refractivity contribution in [2.75, 3.05) is 7.11 Å². The molecule has 1 rings (SSSR count). The molecule has 0 bridgehead atoms. The summed E-state index contributed by atoms with van der Waals surface area (Å²) in [6.45, 7) is 3.70. The number of amides is 1. The maximum atomic E-state index is 12.4. The van der Waals surface area contributed by atoms with E-state index in [1.54, 1.807) is 12.1 Å². The second kappa shape index (κ2) is 11.4. The lowest BCUT2D eigenvalue weighted by molar-refractivity contribution is -0.143. The first-order chi connectivity index (χ1) is 11.5. The van der Waals surface area contributed by atoms with Crippen molar-refractivity contribution in [3.63, 3.8) is 0 Å². The van der Waals surface area contributed by atoms with Crippen LogP contribution in [0.1, 0.15) is 48.9 Å². The van der Waals surface area contributed by atoms with Gasteiger partial charge in [-0.2, -0.15) is 0 Å². The van der Waals surface area contributed by atoms with E-state index < -0.39 is 12.0 Å². The normalized spacial score (nSPS) is 11.6. The number of allylic oxidation sites excluding steroid dienone is 1. The number of benzene rings is 1. The standard InChI is InChI=1S/C18H23Br2NO3/c1-3-4-5-6-7-8-9-16(18(23)24-2)21-17(22)13-10-14(19)12-15(20)11-13/h3,10-12,16H,1,4-9H2,2H3,(H,21,22)/t16-/m0/s1. The summed E-state index contributed by atoms with van der Waals surface area (Å²) in [4.78, 5) is 24.3. The number of esters is 1. The highest BCUT2D eigenvalue weighted by atomic mass is 79.9. The average molecular weight is 461 g/mol. The Bertz CT molecular complexity index is 555. The Kier molecular flexibility index (Phi) is 9.95. The molecule has 0 aliphatic rings. The molecular formula is C18H23Br2NO3. The predicted octanol–water partition coefficient (Wildman–Crippen LogP) is 5.01. The number of ether oxygens (including phenoxy) is 1. The van der Waals surface area contributed by atoms with Gasteiger partial charge in [0.15, 0.2) is 0 Å². The number of unbranched alkanes of at least 4 members (excludes halogenated alkanes) is 4. The van der Waals surface area contributed by atoms with Gasteiger partial charge in [-0.3, -0.25) is 4.79 Å². The van der Waals surface area contributed by atoms with E-state index >= 15 is 0 Å². The van der Waals surface area contributed by atoms with Gasteiger partial charge in [0.05, 0.1) is 7.11 Å². The number of nitrogens with one attached hydrogen (secondary N) is 1. The van der Waals surface area contributed by atoms with E-state index in [-0.39, 0.29) is 5.91 Å². The molecule has 6 heteroatoms. The van der Waals surface area contributed by atoms with Gasteiger partial charge in [-0.1, -0.05) is 57.2 Å². The Labute approximate surface area is 160 Å². The molecule has 1 aromatic rings. The Balaban J connectivity index is 2.60. The molecule has 0 spiro atoms. The van der Waals surface area contributed by atoms with Gasteiger partial charge in [0.1, 0.15) is 6.04 Å². The second-order valence-corrected chi connectivity index (χ2v) is 7.32. The third kappa shape index (κ3) is 7.62. The molecule has 1 atom stereocenters. The van der Waals surface area contributed by atoms with Gasteiger partial charge in [0.25, 0.3) is 5.91 Å². The lowest BCUT2D eigenvalue weighted by Gasteiger charge is -2.16. The summed E-state index contributed by atoms with van der Waals surface area (Å²) >= 11 is 6.71. The first kappa shape index (κ1) is 20.9. The molecule has 0 radical (unpaired) electrons. The van der Waals surface area contributed by atoms with E-state index in [0.717, 1.165) is 41.0 Å². The minimum Gasteiger partial charge on any atom is -0.467 e. The monoisotopic (exact) mass is 459 g/mol. The lowest BCUT2D eigenvalue weighted by Crippen LogP contribution is -2.41. The molecule has 24 heavy (non-hydrogen) atoms. The van der Waals surface area contributed by atoms with Crippen LogP contribution in [0.4, 0.5) is 0 Å². The van der Waals surface area contributed by atoms with Crippen LogP contribution in [0.15, 0.2) is 39.8 Å². The molecule has 0 heterocycles. The molecule has 1 amide bonds. The third-order valence-corrected chi connectivity index (χ3v) is 4.48. The van der Waals surface area contributed by atoms with Gasteiger partial charge >= 0.3 is 5.97 Å². The van der Waals surface area contributed by atoms with Crippen molar-refractivity contribution in [3.05, 3.63) is 45.4 Å². The molecular weight excluding hydrogens is 438 g/mol. The Hall–Kier alpha value is -1.14. The first-order valence-corrected chi connectivity index (χ1v) is 9.52. The molecule has 4 nitrogen and oxygen atoms in total. The van der Waals surface area contributed by atoms with E-state index in [1.165, 1.54) is 7.11 Å². The second-order valence-electron chi connectivity index (χ2n) is 5.49. The fraction of sp³-hybridized carbons (Fsp3) is 0.444. The zero-order valence-corrected chi connectivity index (χ0v) is 17.0. The van der Waals surface area contributed by atoms with Gasteiger partial charge in [-0.15, -0.1) is 6.58 Å². The fourth-order valence-corrected chi connectivity index (χ4v) is 3.60. The summed E-state index contributed by atoms with van der Waals surface area (Å²) in [6.07, 6.45) is 7.56. The summed E-state index contributed by atoms with van der Waals surface area (Å²) in [5.74, 6) is -0.706. The maximum Gasteiger partial charge on any atom is 0.328 e. The Morgan fingerprint density at radius 2 is 1.79 bits per heavy atom. The van der Waals surface area contributed by atoms with Crippen LogP contribution in [0.25, 0.3) is 0 Å². The molecule has 0 fully saturated rings. The van der Waals surface area contributed by atoms with Gasteiger partial charge in [-0.25, -0.2) is 4.79 Å². The number of hydrogen-bond acceptors (Lipinski definition) is 3. The summed E-state index contributed by atoms with van der Waals surface area (Å²) in [5.41, 5.74) is 0.483. The number of methoxy groups -OCH3 is 1. The van der Waals surface area contributed by atoms with Crippen molar-refractivity contribution >= 4 is 43.7 Å². The van der Waals surface area contributed by atoms with Crippen molar-refractivity contribution in [1.82, 2.24) is 5.32 Å². The predicted molar refractivity (Wildman–Crippen MR) is 103 cm³/mol. The van der Waals surface area contributed by atoms with Crippen LogP contribution < -0.4 is 5.32 Å². The minimum atomic E-state index is -0.625. The molecule has 0 saturated carbocycles. The van der Waals surface area contributed by atoms with E-state index in [4.69, 9.17) is 4.74 Å². The number of rotatable bonds is 10. The number of carbonyl (C=O) groups is 2. The maximum absolute atomic E-state index is 12.4. The van der Waals surface area contributed by atoms with E-state index in [0.29, 0.717) is 12.0 Å². The fourth-order valence-electron chi connectivity index (χ4n) is 2.31. The minimum absolute atomic E-state index is 0.293. The van der Waals surface area contributed by atoms with Crippen LogP contribution in [0, 0.1) is 0 Å². The topological polar surface area (TPSA) is 55.4 Å². The molecule has 0 aliphatic carbocycles. The van der Waals surface area contributed by atoms with E-state index in [2.05, 4.69) is 43.8 Å². The molecule has 0 aromatic heterocycles. The summed E-state index contributed by atoms with van der Waals surface area (Å²) in [7, 11) is 1.33. The summed E-state index contributed by atoms with van der Waals surface area (Å²) < 4.78 is 6.39. The average Bonchev–Trinajstić information content (AvgIpc) is 2.55. The third-order valence-electron chi connectivity index (χ3n) is 3.57. The highest BCUT2D eigenvalue weighted by molar-refractivity contribution is 9.11. The zero-order valence-electron chi connectivity index (χ0n) is 13.8. The highest BCUT2D eigenvalue weighted by Gasteiger charge is 2.22. The zero-order chi connectivity index (χ0) is 17.9. The first-order valence-electron chi connectivity index (χ1n) is 7.93. The molecule has 1 aromatic carbocycles. The van der Waals surface area contributed by atoms with Crippen molar-refractivity contribution in [2.45, 2.75) is 44.6 Å². The van der Waals surface area contributed by atoms with Gasteiger partial charge in [0.2, 0.25) is 0 Å². The molecule has 0 unspecified atom stereocenters. The van der Waals surface area contributed by atoms with Crippen molar-refractivity contribution in [3.8, 4) is 0 Å². The highest BCUT2D eigenvalue weighted by Crippen LogP contribution is 2.20. The van der Waals surface area contributed by atoms with Crippen LogP contribution in [0.5, 0.6) is 0 Å². The number of halogens is 2. The molecule has 0 aliphatic heterocycles. The lowest BCUT2D eigenvalue weighted by atomic mass is 10.1. The smallest absolute Gasteiger partial charge is 0.328 e. The number of carbonyl (C=O) groups excluding carboxylic acids is 2. The SMILES string of the molecule is C=CCCCCCC[C@H](NC(=O)c1cc(Br)cc(Br)c1)C(=O)OC. The van der Waals surface area contributed by atoms with Crippen LogP contribution >= 0.6 is 31.9 Å². The van der Waals surface area contributed by atoms with Crippen LogP contribution in [-0.4, -0.2) is 25.0 Å². The van der Waals surface area contributed by atoms with Gasteiger partial charge in [-0.05, 0) is 37.5 Å². The Morgan fingerprint density at radius 3 is 2.38 bits per heavy atom. The molecule has 1 N–H and O–H groups in total. The van der Waals surface area contributed by atoms with Crippen LogP contribution in [0.3, 0.4) is 0 Å². The van der Waals surface area contributed by atoms with Crippen LogP contribution in [-0.2, 0) is 9.53 Å². The van der Waals surface area contributed by atoms with E-state index in [1.807, 2.05) is 12.1 Å². The molecule has 0 saturated heterocycles. The Morgan fingerprint density at radius 1 is 1.17 bits per heavy atom. The van der Waals surface area contributed by atoms with Crippen LogP contribution in [0.2, 0.25) is 0 Å². The quantitative estimate of drug-likeness (QED) is 0.303. The van der Waals surface area contributed by atoms with Gasteiger partial charge < -0.3 is 10.1 Å². The summed E-state index contributed by atoms with van der Waals surface area (Å²) in [5, 5.41) is 2.77. The largest absolute Gasteiger partial charge is 0.467 e. The van der Waals surface area contributed by atoms with Crippen molar-refractivity contribution in [2.24, 2.45) is 0 Å². The summed E-state index contributed by atoms with van der Waals surface area (Å²) in [6, 6.07) is 4.64. The van der Waals surface area contributed by atoms with Crippen molar-refractivity contribution < 1.29 is 14.3 Å². The van der Waals surface area contributed by atoms with Crippen molar-refractivity contribution in [1.29, 1.82) is 0 Å².